The predicted octanol–water partition coefficient (Wildman–Crippen LogP) is 4.66. The molecule has 0 saturated carbocycles. The summed E-state index contributed by atoms with van der Waals surface area (Å²) in [6, 6.07) is 0. The quantitative estimate of drug-likeness (QED) is 0.0941. The van der Waals surface area contributed by atoms with Gasteiger partial charge >= 0.3 is 0 Å². The number of ether oxygens (including phenoxy) is 2. The van der Waals surface area contributed by atoms with Gasteiger partial charge in [0.05, 0.1) is 64.7 Å². The van der Waals surface area contributed by atoms with Crippen LogP contribution in [0.15, 0.2) is 24.3 Å². The predicted molar refractivity (Wildman–Crippen MR) is 150 cm³/mol. The Labute approximate surface area is 226 Å². The molecule has 0 aliphatic carbocycles. The van der Waals surface area contributed by atoms with Crippen LogP contribution in [0.1, 0.15) is 90.9 Å². The molecule has 2 heterocycles. The van der Waals surface area contributed by atoms with Crippen LogP contribution in [0.5, 0.6) is 0 Å². The molecule has 0 aromatic heterocycles. The molecule has 2 aliphatic rings. The van der Waals surface area contributed by atoms with E-state index in [2.05, 4.69) is 50.7 Å². The van der Waals surface area contributed by atoms with Gasteiger partial charge < -0.3 is 24.6 Å². The van der Waals surface area contributed by atoms with Crippen molar-refractivity contribution in [2.45, 2.75) is 115 Å². The molecule has 2 aliphatic heterocycles. The van der Waals surface area contributed by atoms with Crippen LogP contribution in [0.4, 0.5) is 0 Å². The van der Waals surface area contributed by atoms with E-state index < -0.39 is 0 Å². The van der Waals surface area contributed by atoms with Gasteiger partial charge in [-0.1, -0.05) is 76.7 Å². The van der Waals surface area contributed by atoms with E-state index in [0.29, 0.717) is 50.3 Å². The molecule has 0 bridgehead atoms. The van der Waals surface area contributed by atoms with E-state index in [1.54, 1.807) is 0 Å². The summed E-state index contributed by atoms with van der Waals surface area (Å²) in [7, 11) is 4.24. The van der Waals surface area contributed by atoms with Gasteiger partial charge in [0.15, 0.2) is 0 Å². The number of rotatable bonds is 22. The van der Waals surface area contributed by atoms with Crippen molar-refractivity contribution < 1.29 is 23.5 Å². The number of unbranched alkanes of at least 4 members (excludes halogenated alkanes) is 4. The first-order valence-corrected chi connectivity index (χ1v) is 14.8. The molecule has 0 aromatic carbocycles. The molecule has 7 heteroatoms. The number of quaternary nitrogens is 1. The van der Waals surface area contributed by atoms with Crippen LogP contribution >= 0.6 is 0 Å². The number of epoxide rings is 2. The van der Waals surface area contributed by atoms with Crippen LogP contribution in [0.25, 0.3) is 0 Å². The Bertz CT molecular complexity index is 664. The third-order valence-electron chi connectivity index (χ3n) is 7.31. The first-order chi connectivity index (χ1) is 17.8. The van der Waals surface area contributed by atoms with Gasteiger partial charge in [-0.15, -0.1) is 0 Å². The van der Waals surface area contributed by atoms with Crippen molar-refractivity contribution in [3.05, 3.63) is 24.3 Å². The second-order valence-corrected chi connectivity index (χ2v) is 11.3. The number of amides is 2. The number of nitrogens with one attached hydrogen (secondary N) is 2. The SMILES string of the molecule is CCCCCC1OC1CC=CCC(=O)NCC[N+](C)(C)CCNC(=O)CC=CCC1OC1CCCCC. The average Bonchev–Trinajstić information content (AvgIpc) is 3.77. The minimum absolute atomic E-state index is 0.0522. The van der Waals surface area contributed by atoms with Gasteiger partial charge in [0, 0.05) is 12.8 Å². The largest absolute Gasteiger partial charge is 0.369 e. The fourth-order valence-electron chi connectivity index (χ4n) is 4.57. The summed E-state index contributed by atoms with van der Waals surface area (Å²) in [6.07, 6.45) is 22.1. The molecule has 0 radical (unpaired) electrons. The Hall–Kier alpha value is -1.70. The Kier molecular flexibility index (Phi) is 15.1. The highest BCUT2D eigenvalue weighted by Gasteiger charge is 2.37. The van der Waals surface area contributed by atoms with Gasteiger partial charge in [-0.2, -0.15) is 0 Å². The van der Waals surface area contributed by atoms with Gasteiger partial charge in [0.25, 0.3) is 0 Å². The summed E-state index contributed by atoms with van der Waals surface area (Å²) in [5, 5.41) is 6.01. The molecule has 2 N–H and O–H groups in total. The number of nitrogens with zero attached hydrogens (tertiary/aromatic N) is 1. The van der Waals surface area contributed by atoms with E-state index in [0.717, 1.165) is 43.3 Å². The van der Waals surface area contributed by atoms with E-state index in [9.17, 15) is 9.59 Å². The van der Waals surface area contributed by atoms with Crippen molar-refractivity contribution in [2.24, 2.45) is 0 Å². The fraction of sp³-hybridized carbons (Fsp3) is 0.800. The molecule has 4 atom stereocenters. The Balaban J connectivity index is 1.43. The third kappa shape index (κ3) is 15.3. The lowest BCUT2D eigenvalue weighted by atomic mass is 10.1. The Morgan fingerprint density at radius 2 is 1.11 bits per heavy atom. The molecule has 2 fully saturated rings. The highest BCUT2D eigenvalue weighted by atomic mass is 16.6. The number of hydrogen-bond donors (Lipinski definition) is 2. The van der Waals surface area contributed by atoms with E-state index in [1.165, 1.54) is 38.5 Å². The lowest BCUT2D eigenvalue weighted by molar-refractivity contribution is -0.887. The van der Waals surface area contributed by atoms with Crippen LogP contribution in [-0.2, 0) is 19.1 Å². The van der Waals surface area contributed by atoms with Gasteiger partial charge in [-0.05, 0) is 25.7 Å². The minimum Gasteiger partial charge on any atom is -0.369 e. The highest BCUT2D eigenvalue weighted by molar-refractivity contribution is 5.77. The zero-order valence-electron chi connectivity index (χ0n) is 24.0. The first-order valence-electron chi connectivity index (χ1n) is 14.8. The topological polar surface area (TPSA) is 83.3 Å². The molecular weight excluding hydrogens is 466 g/mol. The number of carbonyl (C=O) groups is 2. The number of hydrogen-bond acceptors (Lipinski definition) is 4. The lowest BCUT2D eigenvalue weighted by Gasteiger charge is -2.29. The summed E-state index contributed by atoms with van der Waals surface area (Å²) in [5.74, 6) is 0.104. The Morgan fingerprint density at radius 1 is 0.676 bits per heavy atom. The molecule has 212 valence electrons. The second-order valence-electron chi connectivity index (χ2n) is 11.3. The lowest BCUT2D eigenvalue weighted by Crippen LogP contribution is -2.49. The molecular formula is C30H54N3O4+. The maximum Gasteiger partial charge on any atom is 0.224 e. The van der Waals surface area contributed by atoms with Crippen LogP contribution in [0.3, 0.4) is 0 Å². The maximum absolute atomic E-state index is 12.1. The molecule has 0 spiro atoms. The van der Waals surface area contributed by atoms with Crippen LogP contribution in [0.2, 0.25) is 0 Å². The van der Waals surface area contributed by atoms with Crippen LogP contribution in [0, 0.1) is 0 Å². The van der Waals surface area contributed by atoms with Crippen molar-refractivity contribution in [1.82, 2.24) is 10.6 Å². The molecule has 4 unspecified atom stereocenters. The first kappa shape index (κ1) is 31.5. The monoisotopic (exact) mass is 520 g/mol. The average molecular weight is 521 g/mol. The van der Waals surface area contributed by atoms with Crippen molar-refractivity contribution >= 4 is 11.8 Å². The van der Waals surface area contributed by atoms with Crippen molar-refractivity contribution in [1.29, 1.82) is 0 Å². The summed E-state index contributed by atoms with van der Waals surface area (Å²) < 4.78 is 12.1. The van der Waals surface area contributed by atoms with Gasteiger partial charge in [0.1, 0.15) is 0 Å². The molecule has 7 nitrogen and oxygen atoms in total. The van der Waals surface area contributed by atoms with Crippen LogP contribution in [-0.4, -0.2) is 81.0 Å². The molecule has 2 saturated heterocycles. The van der Waals surface area contributed by atoms with E-state index in [-0.39, 0.29) is 11.8 Å². The van der Waals surface area contributed by atoms with Crippen molar-refractivity contribution in [3.63, 3.8) is 0 Å². The summed E-state index contributed by atoms with van der Waals surface area (Å²) in [5.41, 5.74) is 0. The second kappa shape index (κ2) is 17.7. The van der Waals surface area contributed by atoms with Gasteiger partial charge in [-0.3, -0.25) is 9.59 Å². The van der Waals surface area contributed by atoms with Crippen molar-refractivity contribution in [3.8, 4) is 0 Å². The standard InChI is InChI=1S/C30H53N3O4/c1-5-7-9-15-25-27(36-25)17-11-13-19-29(34)31-21-23-33(3,4)24-22-32-30(35)20-14-12-18-28-26(37-28)16-10-8-6-2/h11-14,25-28H,5-10,15-24H2,1-4H3,(H-,31,32,34,35)/p+1. The summed E-state index contributed by atoms with van der Waals surface area (Å²) >= 11 is 0. The van der Waals surface area contributed by atoms with Gasteiger partial charge in [0.2, 0.25) is 11.8 Å². The number of likely N-dealkylation sites (N-methyl/N-ethyl adjacent to an activating group) is 1. The smallest absolute Gasteiger partial charge is 0.224 e. The van der Waals surface area contributed by atoms with E-state index in [4.69, 9.17) is 9.47 Å². The zero-order valence-corrected chi connectivity index (χ0v) is 24.0. The molecule has 2 amide bonds. The van der Waals surface area contributed by atoms with Crippen LogP contribution < -0.4 is 10.6 Å². The summed E-state index contributed by atoms with van der Waals surface area (Å²) in [4.78, 5) is 24.2. The third-order valence-corrected chi connectivity index (χ3v) is 7.31. The van der Waals surface area contributed by atoms with E-state index >= 15 is 0 Å². The molecule has 2 rings (SSSR count). The molecule has 0 aromatic rings. The molecule has 37 heavy (non-hydrogen) atoms. The van der Waals surface area contributed by atoms with Crippen molar-refractivity contribution in [2.75, 3.05) is 40.3 Å². The zero-order chi connectivity index (χ0) is 26.9. The van der Waals surface area contributed by atoms with Gasteiger partial charge in [-0.25, -0.2) is 0 Å². The fourth-order valence-corrected chi connectivity index (χ4v) is 4.57. The number of carbonyl (C=O) groups excluding carboxylic acids is 2. The Morgan fingerprint density at radius 3 is 1.51 bits per heavy atom. The van der Waals surface area contributed by atoms with E-state index in [1.807, 2.05) is 12.2 Å². The normalized spacial score (nSPS) is 23.0. The summed E-state index contributed by atoms with van der Waals surface area (Å²) in [6.45, 7) is 7.34. The maximum atomic E-state index is 12.1. The minimum atomic E-state index is 0.0522. The highest BCUT2D eigenvalue weighted by Crippen LogP contribution is 2.31.